The lowest BCUT2D eigenvalue weighted by Gasteiger charge is -2.29. The molecule has 5 aromatic rings. The smallest absolute Gasteiger partial charge is 0.416 e. The standard InChI is InChI=1S/C21H19ClF3N3O3.C14H15F2N3O3/c1-12-13(3-2-4-16(12)21(23,24)25)11-28-17-10-14(27-5-7-31-8-6-27)9-15(19(29)30)18(17)26-20(28)22;1-21-14(20)9-6-8(19-2-4-22-5-3-19)7-10-11(9)18-13(17-10)12(15)16/h2-4,9-10H,5-8,11H2,1H3,(H,29,30);6-7,12H,2-5H2,1H3,(H,17,18). The monoisotopic (exact) mass is 764 g/mol. The van der Waals surface area contributed by atoms with Gasteiger partial charge in [-0.05, 0) is 60.0 Å². The van der Waals surface area contributed by atoms with Crippen molar-refractivity contribution in [3.8, 4) is 0 Å². The first-order chi connectivity index (χ1) is 25.3. The van der Waals surface area contributed by atoms with Crippen molar-refractivity contribution < 1.29 is 50.9 Å². The SMILES string of the molecule is COC(=O)c1cc(N2CCOCC2)cc2[nH]c(C(F)F)nc12.Cc1c(Cn2c(Cl)nc3c(C(=O)O)cc(N4CCOCC4)cc32)cccc1C(F)(F)F. The number of methoxy groups -OCH3 is 1. The summed E-state index contributed by atoms with van der Waals surface area (Å²) < 4.78 is 82.5. The Morgan fingerprint density at radius 2 is 1.55 bits per heavy atom. The van der Waals surface area contributed by atoms with Crippen molar-refractivity contribution in [2.24, 2.45) is 0 Å². The number of carbonyl (C=O) groups excluding carboxylic acids is 1. The summed E-state index contributed by atoms with van der Waals surface area (Å²) in [6.07, 6.45) is -7.20. The van der Waals surface area contributed by atoms with Crippen LogP contribution in [0.1, 0.15) is 49.7 Å². The summed E-state index contributed by atoms with van der Waals surface area (Å²) in [5.74, 6) is -2.22. The van der Waals surface area contributed by atoms with Crippen molar-refractivity contribution in [2.45, 2.75) is 26.1 Å². The van der Waals surface area contributed by atoms with Crippen LogP contribution in [0.5, 0.6) is 0 Å². The third kappa shape index (κ3) is 8.01. The molecule has 0 unspecified atom stereocenters. The molecule has 0 spiro atoms. The number of ether oxygens (including phenoxy) is 3. The number of aromatic carboxylic acids is 1. The highest BCUT2D eigenvalue weighted by Gasteiger charge is 2.33. The number of H-pyrrole nitrogens is 1. The van der Waals surface area contributed by atoms with Gasteiger partial charge in [0.15, 0.2) is 5.82 Å². The first-order valence-electron chi connectivity index (χ1n) is 16.4. The predicted octanol–water partition coefficient (Wildman–Crippen LogP) is 6.72. The maximum atomic E-state index is 13.3. The minimum Gasteiger partial charge on any atom is -0.478 e. The molecule has 53 heavy (non-hydrogen) atoms. The number of rotatable bonds is 7. The lowest BCUT2D eigenvalue weighted by atomic mass is 10.0. The number of hydrogen-bond acceptors (Lipinski definition) is 9. The first kappa shape index (κ1) is 37.7. The lowest BCUT2D eigenvalue weighted by Crippen LogP contribution is -2.36. The number of morpholine rings is 2. The van der Waals surface area contributed by atoms with Crippen LogP contribution in [0.25, 0.3) is 22.1 Å². The Labute approximate surface area is 304 Å². The van der Waals surface area contributed by atoms with Crippen LogP contribution < -0.4 is 9.80 Å². The number of anilines is 2. The van der Waals surface area contributed by atoms with Crippen molar-refractivity contribution in [2.75, 3.05) is 69.5 Å². The van der Waals surface area contributed by atoms with Gasteiger partial charge in [-0.25, -0.2) is 28.3 Å². The van der Waals surface area contributed by atoms with E-state index in [4.69, 9.17) is 25.8 Å². The molecule has 2 aliphatic rings. The Morgan fingerprint density at radius 3 is 2.11 bits per heavy atom. The summed E-state index contributed by atoms with van der Waals surface area (Å²) >= 11 is 6.32. The third-order valence-electron chi connectivity index (χ3n) is 9.06. The molecular weight excluding hydrogens is 731 g/mol. The molecule has 282 valence electrons. The number of alkyl halides is 5. The Morgan fingerprint density at radius 1 is 0.943 bits per heavy atom. The minimum absolute atomic E-state index is 0.00781. The van der Waals surface area contributed by atoms with Gasteiger partial charge in [-0.3, -0.25) is 0 Å². The third-order valence-corrected chi connectivity index (χ3v) is 9.35. The Balaban J connectivity index is 0.000000192. The number of hydrogen-bond donors (Lipinski definition) is 2. The van der Waals surface area contributed by atoms with Crippen molar-refractivity contribution >= 4 is 57.0 Å². The molecule has 2 N–H and O–H groups in total. The van der Waals surface area contributed by atoms with E-state index in [1.165, 1.54) is 24.7 Å². The molecule has 0 amide bonds. The van der Waals surface area contributed by atoms with Gasteiger partial charge >= 0.3 is 18.1 Å². The number of carboxylic acids is 1. The van der Waals surface area contributed by atoms with Gasteiger partial charge in [0.2, 0.25) is 5.28 Å². The van der Waals surface area contributed by atoms with Crippen LogP contribution in [-0.2, 0) is 26.9 Å². The molecule has 2 saturated heterocycles. The predicted molar refractivity (Wildman–Crippen MR) is 185 cm³/mol. The minimum atomic E-state index is -4.47. The normalized spacial score (nSPS) is 15.2. The van der Waals surface area contributed by atoms with Crippen LogP contribution >= 0.6 is 11.6 Å². The average Bonchev–Trinajstić information content (AvgIpc) is 3.72. The molecule has 18 heteroatoms. The highest BCUT2D eigenvalue weighted by Crippen LogP contribution is 2.35. The summed E-state index contributed by atoms with van der Waals surface area (Å²) in [6, 6.07) is 10.6. The number of fused-ring (bicyclic) bond motifs is 2. The summed E-state index contributed by atoms with van der Waals surface area (Å²) in [7, 11) is 1.25. The molecule has 3 aromatic carbocycles. The fraction of sp³-hybridized carbons (Fsp3) is 0.371. The molecule has 2 fully saturated rings. The number of carboxylic acid groups (broad SMARTS) is 1. The maximum Gasteiger partial charge on any atom is 0.416 e. The average molecular weight is 765 g/mol. The van der Waals surface area contributed by atoms with Gasteiger partial charge in [-0.1, -0.05) is 12.1 Å². The number of benzene rings is 3. The van der Waals surface area contributed by atoms with E-state index in [9.17, 15) is 36.6 Å². The highest BCUT2D eigenvalue weighted by molar-refractivity contribution is 6.29. The molecule has 2 aliphatic heterocycles. The van der Waals surface area contributed by atoms with Gasteiger partial charge in [-0.15, -0.1) is 0 Å². The Hall–Kier alpha value is -5.00. The summed E-state index contributed by atoms with van der Waals surface area (Å²) in [5.41, 5.74) is 2.60. The van der Waals surface area contributed by atoms with E-state index < -0.39 is 35.9 Å². The van der Waals surface area contributed by atoms with E-state index >= 15 is 0 Å². The molecule has 12 nitrogen and oxygen atoms in total. The number of nitrogens with zero attached hydrogens (tertiary/aromatic N) is 5. The Bertz CT molecular complexity index is 2140. The molecular formula is C35H34ClF5N6O6. The van der Waals surface area contributed by atoms with E-state index in [0.29, 0.717) is 74.9 Å². The van der Waals surface area contributed by atoms with Crippen molar-refractivity contribution in [1.29, 1.82) is 0 Å². The van der Waals surface area contributed by atoms with Gasteiger partial charge < -0.3 is 38.7 Å². The molecule has 7 rings (SSSR count). The van der Waals surface area contributed by atoms with Crippen molar-refractivity contribution in [1.82, 2.24) is 19.5 Å². The summed E-state index contributed by atoms with van der Waals surface area (Å²) in [6.45, 7) is 6.16. The number of esters is 1. The van der Waals surface area contributed by atoms with Crippen molar-refractivity contribution in [3.05, 3.63) is 81.4 Å². The number of aromatic nitrogens is 4. The fourth-order valence-electron chi connectivity index (χ4n) is 6.32. The topological polar surface area (TPSA) is 135 Å². The number of aromatic amines is 1. The van der Waals surface area contributed by atoms with Crippen LogP contribution in [0.4, 0.5) is 33.3 Å². The van der Waals surface area contributed by atoms with E-state index in [1.807, 2.05) is 9.80 Å². The second-order valence-corrected chi connectivity index (χ2v) is 12.6. The van der Waals surface area contributed by atoms with E-state index in [1.54, 1.807) is 30.3 Å². The molecule has 0 saturated carbocycles. The lowest BCUT2D eigenvalue weighted by molar-refractivity contribution is -0.138. The second kappa shape index (κ2) is 15.5. The van der Waals surface area contributed by atoms with E-state index in [2.05, 4.69) is 15.0 Å². The van der Waals surface area contributed by atoms with Crippen LogP contribution in [0, 0.1) is 6.92 Å². The maximum absolute atomic E-state index is 13.3. The zero-order chi connectivity index (χ0) is 38.0. The summed E-state index contributed by atoms with van der Waals surface area (Å²) in [5, 5.41) is 9.71. The van der Waals surface area contributed by atoms with Crippen molar-refractivity contribution in [3.63, 3.8) is 0 Å². The summed E-state index contributed by atoms with van der Waals surface area (Å²) in [4.78, 5) is 38.4. The van der Waals surface area contributed by atoms with Gasteiger partial charge in [0.25, 0.3) is 6.43 Å². The van der Waals surface area contributed by atoms with E-state index in [-0.39, 0.29) is 39.6 Å². The first-order valence-corrected chi connectivity index (χ1v) is 16.8. The molecule has 0 atom stereocenters. The van der Waals surface area contributed by atoms with Crippen LogP contribution in [0.2, 0.25) is 5.28 Å². The number of nitrogens with one attached hydrogen (secondary N) is 1. The molecule has 2 aromatic heterocycles. The second-order valence-electron chi connectivity index (χ2n) is 12.2. The molecule has 0 radical (unpaired) electrons. The number of carbonyl (C=O) groups is 2. The fourth-order valence-corrected chi connectivity index (χ4v) is 6.56. The van der Waals surface area contributed by atoms with Crippen LogP contribution in [0.3, 0.4) is 0 Å². The zero-order valence-electron chi connectivity index (χ0n) is 28.5. The van der Waals surface area contributed by atoms with Gasteiger partial charge in [-0.2, -0.15) is 13.2 Å². The number of halogens is 6. The largest absolute Gasteiger partial charge is 0.478 e. The van der Waals surface area contributed by atoms with Crippen LogP contribution in [0.15, 0.2) is 42.5 Å². The van der Waals surface area contributed by atoms with E-state index in [0.717, 1.165) is 11.8 Å². The highest BCUT2D eigenvalue weighted by atomic mass is 35.5. The van der Waals surface area contributed by atoms with Gasteiger partial charge in [0, 0.05) is 37.6 Å². The quantitative estimate of drug-likeness (QED) is 0.136. The molecule has 0 bridgehead atoms. The van der Waals surface area contributed by atoms with Crippen LogP contribution in [-0.4, -0.2) is 96.3 Å². The molecule has 0 aliphatic carbocycles. The zero-order valence-corrected chi connectivity index (χ0v) is 29.2. The van der Waals surface area contributed by atoms with Gasteiger partial charge in [0.05, 0.1) is 67.8 Å². The molecule has 4 heterocycles. The number of imidazole rings is 2. The Kier molecular flexibility index (Phi) is 11.1. The van der Waals surface area contributed by atoms with Gasteiger partial charge in [0.1, 0.15) is 11.0 Å².